The molecule has 0 radical (unpaired) electrons. The molecule has 0 aliphatic carbocycles. The molecule has 0 saturated heterocycles. The predicted octanol–water partition coefficient (Wildman–Crippen LogP) is 2.59. The molecule has 0 saturated carbocycles. The van der Waals surface area contributed by atoms with Gasteiger partial charge in [0, 0.05) is 27.7 Å². The summed E-state index contributed by atoms with van der Waals surface area (Å²) in [5.74, 6) is 0.955. The largest absolute Gasteiger partial charge is 0.492 e. The molecule has 26 heavy (non-hydrogen) atoms. The quantitative estimate of drug-likeness (QED) is 0.256. The molecule has 1 amide bonds. The van der Waals surface area contributed by atoms with Crippen LogP contribution in [0.5, 0.6) is 5.75 Å². The minimum absolute atomic E-state index is 0. The molecule has 0 spiro atoms. The highest BCUT2D eigenvalue weighted by Crippen LogP contribution is 2.10. The van der Waals surface area contributed by atoms with E-state index in [4.69, 9.17) is 4.74 Å². The van der Waals surface area contributed by atoms with E-state index in [0.717, 1.165) is 19.4 Å². The Morgan fingerprint density at radius 2 is 1.88 bits per heavy atom. The molecule has 0 bridgehead atoms. The van der Waals surface area contributed by atoms with E-state index in [1.807, 2.05) is 11.9 Å². The zero-order valence-corrected chi connectivity index (χ0v) is 18.3. The van der Waals surface area contributed by atoms with Gasteiger partial charge in [0.1, 0.15) is 24.7 Å². The fourth-order valence-electron chi connectivity index (χ4n) is 1.91. The molecule has 0 aliphatic rings. The smallest absolute Gasteiger partial charge is 0.243 e. The van der Waals surface area contributed by atoms with E-state index in [1.54, 1.807) is 26.2 Å². The molecular formula is C18H30FIN4O2. The van der Waals surface area contributed by atoms with Crippen LogP contribution in [0, 0.1) is 5.82 Å². The minimum atomic E-state index is -0.287. The Hall–Kier alpha value is -1.58. The van der Waals surface area contributed by atoms with Crippen LogP contribution < -0.4 is 10.1 Å². The number of halogens is 2. The van der Waals surface area contributed by atoms with Crippen molar-refractivity contribution in [2.45, 2.75) is 19.8 Å². The van der Waals surface area contributed by atoms with Crippen molar-refractivity contribution in [1.82, 2.24) is 15.1 Å². The van der Waals surface area contributed by atoms with E-state index in [9.17, 15) is 9.18 Å². The van der Waals surface area contributed by atoms with Crippen LogP contribution in [0.2, 0.25) is 0 Å². The van der Waals surface area contributed by atoms with Gasteiger partial charge in [-0.05, 0) is 30.7 Å². The number of likely N-dealkylation sites (N-methyl/N-ethyl adjacent to an activating group) is 2. The summed E-state index contributed by atoms with van der Waals surface area (Å²) in [6, 6.07) is 5.93. The summed E-state index contributed by atoms with van der Waals surface area (Å²) in [7, 11) is 5.32. The Bertz CT molecular complexity index is 553. The van der Waals surface area contributed by atoms with E-state index in [0.29, 0.717) is 24.9 Å². The van der Waals surface area contributed by atoms with Gasteiger partial charge in [0.2, 0.25) is 5.91 Å². The topological polar surface area (TPSA) is 57.2 Å². The number of unbranched alkanes of at least 4 members (excludes halogenated alkanes) is 1. The van der Waals surface area contributed by atoms with E-state index in [2.05, 4.69) is 17.2 Å². The second-order valence-corrected chi connectivity index (χ2v) is 5.93. The normalized spacial score (nSPS) is 10.7. The van der Waals surface area contributed by atoms with E-state index in [1.165, 1.54) is 17.0 Å². The molecule has 0 atom stereocenters. The van der Waals surface area contributed by atoms with Crippen molar-refractivity contribution in [1.29, 1.82) is 0 Å². The molecular weight excluding hydrogens is 450 g/mol. The molecule has 0 fully saturated rings. The number of hydrogen-bond acceptors (Lipinski definition) is 3. The third-order valence-corrected chi connectivity index (χ3v) is 3.55. The maximum Gasteiger partial charge on any atom is 0.243 e. The number of aliphatic imine (C=N–C) groups is 1. The number of guanidine groups is 1. The van der Waals surface area contributed by atoms with E-state index >= 15 is 0 Å². The van der Waals surface area contributed by atoms with Crippen LogP contribution in [-0.4, -0.2) is 69.1 Å². The molecule has 1 aromatic rings. The Balaban J connectivity index is 0.00000625. The maximum atomic E-state index is 12.9. The number of benzene rings is 1. The number of nitrogens with one attached hydrogen (secondary N) is 1. The highest BCUT2D eigenvalue weighted by Gasteiger charge is 2.09. The molecule has 0 aromatic heterocycles. The molecule has 1 aromatic carbocycles. The van der Waals surface area contributed by atoms with Crippen LogP contribution in [-0.2, 0) is 4.79 Å². The van der Waals surface area contributed by atoms with Crippen molar-refractivity contribution in [3.8, 4) is 5.75 Å². The first kappa shape index (κ1) is 24.4. The summed E-state index contributed by atoms with van der Waals surface area (Å²) in [6.07, 6.45) is 2.11. The van der Waals surface area contributed by atoms with Crippen LogP contribution >= 0.6 is 24.0 Å². The number of nitrogens with zero attached hydrogens (tertiary/aromatic N) is 3. The highest BCUT2D eigenvalue weighted by molar-refractivity contribution is 14.0. The van der Waals surface area contributed by atoms with Crippen LogP contribution in [0.3, 0.4) is 0 Å². The third kappa shape index (κ3) is 9.79. The lowest BCUT2D eigenvalue weighted by Gasteiger charge is -2.23. The highest BCUT2D eigenvalue weighted by atomic mass is 127. The maximum absolute atomic E-state index is 12.9. The molecule has 0 heterocycles. The van der Waals surface area contributed by atoms with Crippen molar-refractivity contribution in [3.63, 3.8) is 0 Å². The van der Waals surface area contributed by atoms with E-state index < -0.39 is 0 Å². The average molecular weight is 480 g/mol. The molecule has 1 N–H and O–H groups in total. The number of amides is 1. The van der Waals surface area contributed by atoms with Crippen LogP contribution in [0.15, 0.2) is 29.3 Å². The van der Waals surface area contributed by atoms with Gasteiger partial charge in [0.25, 0.3) is 0 Å². The van der Waals surface area contributed by atoms with Gasteiger partial charge >= 0.3 is 0 Å². The predicted molar refractivity (Wildman–Crippen MR) is 114 cm³/mol. The van der Waals surface area contributed by atoms with Gasteiger partial charge in [-0.3, -0.25) is 4.79 Å². The Morgan fingerprint density at radius 3 is 2.46 bits per heavy atom. The van der Waals surface area contributed by atoms with Gasteiger partial charge < -0.3 is 19.9 Å². The van der Waals surface area contributed by atoms with Crippen LogP contribution in [0.1, 0.15) is 19.8 Å². The molecule has 0 unspecified atom stereocenters. The second kappa shape index (κ2) is 13.6. The van der Waals surface area contributed by atoms with Gasteiger partial charge in [-0.15, -0.1) is 24.0 Å². The lowest BCUT2D eigenvalue weighted by Crippen LogP contribution is -2.42. The lowest BCUT2D eigenvalue weighted by molar-refractivity contribution is -0.127. The summed E-state index contributed by atoms with van der Waals surface area (Å²) in [4.78, 5) is 19.6. The first-order valence-electron chi connectivity index (χ1n) is 8.52. The van der Waals surface area contributed by atoms with Crippen LogP contribution in [0.25, 0.3) is 0 Å². The van der Waals surface area contributed by atoms with Crippen molar-refractivity contribution >= 4 is 35.8 Å². The van der Waals surface area contributed by atoms with Gasteiger partial charge in [-0.2, -0.15) is 0 Å². The third-order valence-electron chi connectivity index (χ3n) is 3.55. The Kier molecular flexibility index (Phi) is 12.8. The zero-order valence-electron chi connectivity index (χ0n) is 16.0. The molecule has 6 nitrogen and oxygen atoms in total. The van der Waals surface area contributed by atoms with Crippen molar-refractivity contribution < 1.29 is 13.9 Å². The fourth-order valence-corrected chi connectivity index (χ4v) is 1.91. The Morgan fingerprint density at radius 1 is 1.23 bits per heavy atom. The molecule has 1 rings (SSSR count). The summed E-state index contributed by atoms with van der Waals surface area (Å²) in [6.45, 7) is 4.04. The number of rotatable bonds is 9. The van der Waals surface area contributed by atoms with Gasteiger partial charge in [0.15, 0.2) is 5.96 Å². The molecule has 148 valence electrons. The fraction of sp³-hybridized carbons (Fsp3) is 0.556. The van der Waals surface area contributed by atoms with Crippen molar-refractivity contribution in [3.05, 3.63) is 30.1 Å². The monoisotopic (exact) mass is 480 g/mol. The minimum Gasteiger partial charge on any atom is -0.492 e. The van der Waals surface area contributed by atoms with Gasteiger partial charge in [0.05, 0.1) is 6.54 Å². The molecule has 8 heteroatoms. The standard InChI is InChI=1S/C18H29FN4O2.HI/c1-5-6-11-20-18(21-14-17(24)22(2)3)23(4)12-13-25-16-9-7-15(19)8-10-16;/h7-10H,5-6,11-14H2,1-4H3,(H,20,21);1H. The van der Waals surface area contributed by atoms with E-state index in [-0.39, 0.29) is 42.2 Å². The Labute approximate surface area is 172 Å². The van der Waals surface area contributed by atoms with Gasteiger partial charge in [-0.1, -0.05) is 13.3 Å². The first-order valence-corrected chi connectivity index (χ1v) is 8.52. The number of ether oxygens (including phenoxy) is 1. The second-order valence-electron chi connectivity index (χ2n) is 5.93. The SMILES string of the molecule is CCCCNC(=NCC(=O)N(C)C)N(C)CCOc1ccc(F)cc1.I. The van der Waals surface area contributed by atoms with Crippen molar-refractivity contribution in [2.75, 3.05) is 47.4 Å². The van der Waals surface area contributed by atoms with Crippen molar-refractivity contribution in [2.24, 2.45) is 4.99 Å². The zero-order chi connectivity index (χ0) is 18.7. The number of carbonyl (C=O) groups excluding carboxylic acids is 1. The summed E-state index contributed by atoms with van der Waals surface area (Å²) in [5, 5.41) is 3.27. The molecule has 0 aliphatic heterocycles. The number of hydrogen-bond donors (Lipinski definition) is 1. The summed E-state index contributed by atoms with van der Waals surface area (Å²) < 4.78 is 18.5. The number of carbonyl (C=O) groups is 1. The van der Waals surface area contributed by atoms with Crippen LogP contribution in [0.4, 0.5) is 4.39 Å². The summed E-state index contributed by atoms with van der Waals surface area (Å²) in [5.41, 5.74) is 0. The average Bonchev–Trinajstić information content (AvgIpc) is 2.59. The lowest BCUT2D eigenvalue weighted by atomic mass is 10.3. The first-order chi connectivity index (χ1) is 11.9. The summed E-state index contributed by atoms with van der Waals surface area (Å²) >= 11 is 0. The van der Waals surface area contributed by atoms with Gasteiger partial charge in [-0.25, -0.2) is 9.38 Å².